The summed E-state index contributed by atoms with van der Waals surface area (Å²) < 4.78 is 13.0. The Bertz CT molecular complexity index is 823. The summed E-state index contributed by atoms with van der Waals surface area (Å²) in [5.41, 5.74) is 5.17. The first-order chi connectivity index (χ1) is 13.6. The average molecular weight is 386 g/mol. The molecule has 1 saturated heterocycles. The number of anilines is 1. The van der Waals surface area contributed by atoms with Gasteiger partial charge in [0.25, 0.3) is 5.91 Å². The highest BCUT2D eigenvalue weighted by atomic mass is 16.5. The van der Waals surface area contributed by atoms with Crippen molar-refractivity contribution < 1.29 is 14.3 Å². The largest absolute Gasteiger partial charge is 0.497 e. The summed E-state index contributed by atoms with van der Waals surface area (Å²) in [5, 5.41) is 3.05. The van der Waals surface area contributed by atoms with Gasteiger partial charge in [-0.05, 0) is 38.0 Å². The van der Waals surface area contributed by atoms with Crippen LogP contribution in [-0.2, 0) is 11.3 Å². The molecular weight excluding hydrogens is 354 g/mol. The van der Waals surface area contributed by atoms with E-state index in [9.17, 15) is 4.79 Å². The van der Waals surface area contributed by atoms with Gasteiger partial charge in [-0.3, -0.25) is 4.79 Å². The molecule has 6 heteroatoms. The third-order valence-electron chi connectivity index (χ3n) is 5.28. The predicted octanol–water partition coefficient (Wildman–Crippen LogP) is 3.14. The van der Waals surface area contributed by atoms with Crippen molar-refractivity contribution in [2.45, 2.75) is 33.7 Å². The number of aromatic nitrogens is 1. The molecule has 2 aromatic rings. The number of nitrogens with zero attached hydrogens (tertiary/aromatic N) is 2. The van der Waals surface area contributed by atoms with Crippen LogP contribution in [0.15, 0.2) is 24.3 Å². The molecule has 1 aliphatic rings. The highest BCUT2D eigenvalue weighted by molar-refractivity contribution is 5.96. The Morgan fingerprint density at radius 1 is 1.25 bits per heavy atom. The molecular formula is C22H31N3O3. The molecule has 0 unspecified atom stereocenters. The van der Waals surface area contributed by atoms with E-state index in [0.29, 0.717) is 13.1 Å². The smallest absolute Gasteiger partial charge is 0.268 e. The number of carbonyl (C=O) groups excluding carboxylic acids is 1. The van der Waals surface area contributed by atoms with E-state index in [4.69, 9.17) is 9.47 Å². The fourth-order valence-electron chi connectivity index (χ4n) is 3.90. The zero-order chi connectivity index (χ0) is 20.1. The van der Waals surface area contributed by atoms with E-state index in [0.717, 1.165) is 66.7 Å². The van der Waals surface area contributed by atoms with Gasteiger partial charge >= 0.3 is 0 Å². The number of rotatable bonds is 7. The Balaban J connectivity index is 2.03. The molecule has 1 aromatic heterocycles. The summed E-state index contributed by atoms with van der Waals surface area (Å²) in [6.45, 7) is 10.7. The Morgan fingerprint density at radius 3 is 2.68 bits per heavy atom. The molecule has 6 nitrogen and oxygen atoms in total. The van der Waals surface area contributed by atoms with Crippen LogP contribution in [0.5, 0.6) is 5.75 Å². The van der Waals surface area contributed by atoms with Crippen molar-refractivity contribution >= 4 is 11.6 Å². The van der Waals surface area contributed by atoms with E-state index < -0.39 is 0 Å². The van der Waals surface area contributed by atoms with Gasteiger partial charge in [0, 0.05) is 37.4 Å². The summed E-state index contributed by atoms with van der Waals surface area (Å²) in [4.78, 5) is 15.3. The lowest BCUT2D eigenvalue weighted by atomic mass is 10.1. The van der Waals surface area contributed by atoms with Crippen LogP contribution >= 0.6 is 0 Å². The maximum atomic E-state index is 13.0. The molecule has 1 aromatic carbocycles. The van der Waals surface area contributed by atoms with Crippen molar-refractivity contribution in [3.05, 3.63) is 46.8 Å². The van der Waals surface area contributed by atoms with E-state index in [-0.39, 0.29) is 5.91 Å². The van der Waals surface area contributed by atoms with Crippen LogP contribution in [-0.4, -0.2) is 50.4 Å². The van der Waals surface area contributed by atoms with Crippen LogP contribution in [0.3, 0.4) is 0 Å². The zero-order valence-electron chi connectivity index (χ0n) is 17.4. The molecule has 0 atom stereocenters. The van der Waals surface area contributed by atoms with E-state index >= 15 is 0 Å². The number of hydrogen-bond acceptors (Lipinski definition) is 4. The van der Waals surface area contributed by atoms with Crippen LogP contribution in [0.25, 0.3) is 0 Å². The van der Waals surface area contributed by atoms with E-state index in [1.54, 1.807) is 7.11 Å². The minimum Gasteiger partial charge on any atom is -0.497 e. The topological polar surface area (TPSA) is 55.7 Å². The van der Waals surface area contributed by atoms with Gasteiger partial charge in [-0.25, -0.2) is 0 Å². The molecule has 1 N–H and O–H groups in total. The summed E-state index contributed by atoms with van der Waals surface area (Å²) >= 11 is 0. The second kappa shape index (κ2) is 9.15. The number of amides is 1. The van der Waals surface area contributed by atoms with Gasteiger partial charge in [0.2, 0.25) is 0 Å². The zero-order valence-corrected chi connectivity index (χ0v) is 17.4. The Kier molecular flexibility index (Phi) is 6.62. The van der Waals surface area contributed by atoms with Crippen molar-refractivity contribution in [2.24, 2.45) is 0 Å². The lowest BCUT2D eigenvalue weighted by Crippen LogP contribution is -2.36. The number of methoxy groups -OCH3 is 1. The van der Waals surface area contributed by atoms with Crippen molar-refractivity contribution in [3.8, 4) is 5.75 Å². The minimum atomic E-state index is -0.00939. The monoisotopic (exact) mass is 385 g/mol. The maximum absolute atomic E-state index is 13.0. The van der Waals surface area contributed by atoms with Crippen LogP contribution < -0.4 is 15.0 Å². The first-order valence-electron chi connectivity index (χ1n) is 10.00. The van der Waals surface area contributed by atoms with Crippen LogP contribution in [0, 0.1) is 13.8 Å². The highest BCUT2D eigenvalue weighted by Crippen LogP contribution is 2.32. The fraction of sp³-hybridized carbons (Fsp3) is 0.500. The molecule has 0 bridgehead atoms. The molecule has 0 saturated carbocycles. The van der Waals surface area contributed by atoms with Crippen molar-refractivity contribution in [3.63, 3.8) is 0 Å². The number of hydrogen-bond donors (Lipinski definition) is 1. The lowest BCUT2D eigenvalue weighted by Gasteiger charge is -2.29. The van der Waals surface area contributed by atoms with Crippen LogP contribution in [0.1, 0.15) is 40.7 Å². The molecule has 1 aliphatic heterocycles. The van der Waals surface area contributed by atoms with Crippen LogP contribution in [0.2, 0.25) is 0 Å². The number of benzene rings is 1. The Hall–Kier alpha value is -2.47. The van der Waals surface area contributed by atoms with Gasteiger partial charge in [-0.2, -0.15) is 0 Å². The number of nitrogens with one attached hydrogen (secondary N) is 1. The Labute approximate surface area is 167 Å². The Morgan fingerprint density at radius 2 is 2.00 bits per heavy atom. The quantitative estimate of drug-likeness (QED) is 0.796. The van der Waals surface area contributed by atoms with Crippen LogP contribution in [0.4, 0.5) is 5.69 Å². The first-order valence-corrected chi connectivity index (χ1v) is 10.00. The second-order valence-electron chi connectivity index (χ2n) is 7.20. The summed E-state index contributed by atoms with van der Waals surface area (Å²) in [6.07, 6.45) is 0.913. The minimum absolute atomic E-state index is 0.00939. The van der Waals surface area contributed by atoms with E-state index in [2.05, 4.69) is 41.6 Å². The first kappa shape index (κ1) is 20.3. The van der Waals surface area contributed by atoms with Gasteiger partial charge in [-0.15, -0.1) is 0 Å². The van der Waals surface area contributed by atoms with Gasteiger partial charge < -0.3 is 24.3 Å². The predicted molar refractivity (Wildman–Crippen MR) is 112 cm³/mol. The van der Waals surface area contributed by atoms with Gasteiger partial charge in [0.05, 0.1) is 26.0 Å². The number of ether oxygens (including phenoxy) is 2. The number of carbonyl (C=O) groups is 1. The van der Waals surface area contributed by atoms with E-state index in [1.807, 2.05) is 18.2 Å². The van der Waals surface area contributed by atoms with Crippen molar-refractivity contribution in [1.29, 1.82) is 0 Å². The molecule has 3 rings (SSSR count). The van der Waals surface area contributed by atoms with Gasteiger partial charge in [0.15, 0.2) is 0 Å². The van der Waals surface area contributed by atoms with Crippen molar-refractivity contribution in [1.82, 2.24) is 9.88 Å². The molecule has 152 valence electrons. The molecule has 2 heterocycles. The standard InChI is InChI=1S/C22H31N3O3/c1-5-9-23-22(26)21-16(2)20(24-10-12-28-13-11-24)17(3)25(21)15-18-7-6-8-19(14-18)27-4/h6-8,14H,5,9-13,15H2,1-4H3,(H,23,26). The third kappa shape index (κ3) is 4.17. The molecule has 1 amide bonds. The normalized spacial score (nSPS) is 14.2. The van der Waals surface area contributed by atoms with Crippen molar-refractivity contribution in [2.75, 3.05) is 44.9 Å². The summed E-state index contributed by atoms with van der Waals surface area (Å²) in [7, 11) is 1.67. The lowest BCUT2D eigenvalue weighted by molar-refractivity contribution is 0.0944. The molecule has 0 spiro atoms. The molecule has 1 fully saturated rings. The molecule has 0 radical (unpaired) electrons. The van der Waals surface area contributed by atoms with E-state index in [1.165, 1.54) is 0 Å². The summed E-state index contributed by atoms with van der Waals surface area (Å²) in [6, 6.07) is 8.02. The maximum Gasteiger partial charge on any atom is 0.268 e. The molecule has 28 heavy (non-hydrogen) atoms. The average Bonchev–Trinajstić information content (AvgIpc) is 2.96. The molecule has 0 aliphatic carbocycles. The third-order valence-corrected chi connectivity index (χ3v) is 5.28. The SMILES string of the molecule is CCCNC(=O)c1c(C)c(N2CCOCC2)c(C)n1Cc1cccc(OC)c1. The highest BCUT2D eigenvalue weighted by Gasteiger charge is 2.26. The number of morpholine rings is 1. The van der Waals surface area contributed by atoms with Gasteiger partial charge in [0.1, 0.15) is 11.4 Å². The second-order valence-corrected chi connectivity index (χ2v) is 7.20. The summed E-state index contributed by atoms with van der Waals surface area (Å²) in [5.74, 6) is 0.814. The van der Waals surface area contributed by atoms with Gasteiger partial charge in [-0.1, -0.05) is 19.1 Å². The fourth-order valence-corrected chi connectivity index (χ4v) is 3.90.